The van der Waals surface area contributed by atoms with Crippen molar-refractivity contribution in [2.24, 2.45) is 4.99 Å². The molecule has 11 nitrogen and oxygen atoms in total. The van der Waals surface area contributed by atoms with Crippen LogP contribution in [-0.2, 0) is 0 Å². The zero-order valence-electron chi connectivity index (χ0n) is 14.2. The maximum atomic E-state index is 11.4. The van der Waals surface area contributed by atoms with Crippen LogP contribution in [0, 0.1) is 20.2 Å². The van der Waals surface area contributed by atoms with Gasteiger partial charge in [-0.15, -0.1) is 0 Å². The number of hydrogen-bond acceptors (Lipinski definition) is 8. The quantitative estimate of drug-likeness (QED) is 0.392. The third kappa shape index (κ3) is 3.88. The molecule has 0 unspecified atom stereocenters. The highest BCUT2D eigenvalue weighted by Gasteiger charge is 2.23. The Kier molecular flexibility index (Phi) is 5.16. The molecule has 11 heteroatoms. The predicted molar refractivity (Wildman–Crippen MR) is 102 cm³/mol. The van der Waals surface area contributed by atoms with Crippen molar-refractivity contribution in [1.29, 1.82) is 0 Å². The van der Waals surface area contributed by atoms with Crippen molar-refractivity contribution in [3.63, 3.8) is 0 Å². The van der Waals surface area contributed by atoms with E-state index in [-0.39, 0.29) is 11.6 Å². The number of pyridine rings is 1. The lowest BCUT2D eigenvalue weighted by molar-refractivity contribution is -0.394. The van der Waals surface area contributed by atoms with Crippen LogP contribution >= 0.6 is 0 Å². The predicted octanol–water partition coefficient (Wildman–Crippen LogP) is 2.76. The number of benzene rings is 1. The van der Waals surface area contributed by atoms with Gasteiger partial charge in [0, 0.05) is 18.5 Å². The van der Waals surface area contributed by atoms with Crippen LogP contribution in [0.15, 0.2) is 60.0 Å². The van der Waals surface area contributed by atoms with E-state index in [1.54, 1.807) is 24.4 Å². The molecule has 0 aliphatic carbocycles. The minimum Gasteiger partial charge on any atom is -0.369 e. The molecule has 0 spiro atoms. The van der Waals surface area contributed by atoms with E-state index in [1.807, 2.05) is 6.07 Å². The van der Waals surface area contributed by atoms with E-state index in [9.17, 15) is 20.2 Å². The Balaban J connectivity index is 1.97. The molecule has 2 aromatic heterocycles. The lowest BCUT2D eigenvalue weighted by Crippen LogP contribution is -2.06. The van der Waals surface area contributed by atoms with Crippen LogP contribution in [0.4, 0.5) is 17.3 Å². The van der Waals surface area contributed by atoms with Crippen molar-refractivity contribution in [3.05, 3.63) is 86.6 Å². The Morgan fingerprint density at radius 2 is 1.93 bits per heavy atom. The molecule has 28 heavy (non-hydrogen) atoms. The van der Waals surface area contributed by atoms with Gasteiger partial charge in [-0.25, -0.2) is 4.98 Å². The molecule has 0 amide bonds. The molecule has 1 aromatic carbocycles. The second kappa shape index (κ2) is 7.86. The van der Waals surface area contributed by atoms with Crippen LogP contribution in [0.1, 0.15) is 11.4 Å². The second-order valence-corrected chi connectivity index (χ2v) is 5.41. The SMILES string of the molecule is Nc1ncc(/C=C\N=Cc2ccccn2)n1-c1ccc([N+](=O)[O-])cc1[N+](=O)[O-]. The van der Waals surface area contributed by atoms with Crippen LogP contribution < -0.4 is 5.73 Å². The van der Waals surface area contributed by atoms with Gasteiger partial charge >= 0.3 is 0 Å². The van der Waals surface area contributed by atoms with E-state index in [1.165, 1.54) is 29.2 Å². The van der Waals surface area contributed by atoms with Gasteiger partial charge < -0.3 is 5.73 Å². The molecule has 0 bridgehead atoms. The van der Waals surface area contributed by atoms with Gasteiger partial charge in [-0.1, -0.05) is 6.07 Å². The number of aliphatic imine (C=N–C) groups is 1. The van der Waals surface area contributed by atoms with Crippen LogP contribution in [0.3, 0.4) is 0 Å². The van der Waals surface area contributed by atoms with Gasteiger partial charge in [0.1, 0.15) is 5.69 Å². The van der Waals surface area contributed by atoms with Crippen LogP contribution in [0.25, 0.3) is 11.8 Å². The fraction of sp³-hybridized carbons (Fsp3) is 0. The molecule has 2 heterocycles. The number of hydrogen-bond donors (Lipinski definition) is 1. The average molecular weight is 379 g/mol. The molecule has 0 atom stereocenters. The normalized spacial score (nSPS) is 11.3. The van der Waals surface area contributed by atoms with Gasteiger partial charge in [-0.05, 0) is 24.3 Å². The number of non-ortho nitro benzene ring substituents is 1. The number of nitrogen functional groups attached to an aromatic ring is 1. The highest BCUT2D eigenvalue weighted by Crippen LogP contribution is 2.30. The van der Waals surface area contributed by atoms with Crippen molar-refractivity contribution < 1.29 is 9.85 Å². The van der Waals surface area contributed by atoms with Gasteiger partial charge in [-0.2, -0.15) is 0 Å². The first-order chi connectivity index (χ1) is 13.5. The summed E-state index contributed by atoms with van der Waals surface area (Å²) in [6, 6.07) is 8.67. The molecular formula is C17H13N7O4. The van der Waals surface area contributed by atoms with E-state index in [2.05, 4.69) is 15.0 Å². The Morgan fingerprint density at radius 1 is 1.11 bits per heavy atom. The van der Waals surface area contributed by atoms with Crippen LogP contribution in [0.5, 0.6) is 0 Å². The Hall–Kier alpha value is -4.41. The molecule has 0 fully saturated rings. The van der Waals surface area contributed by atoms with E-state index < -0.39 is 21.2 Å². The number of nitro benzene ring substituents is 2. The maximum absolute atomic E-state index is 11.4. The number of nitrogens with two attached hydrogens (primary N) is 1. The largest absolute Gasteiger partial charge is 0.369 e. The molecule has 0 radical (unpaired) electrons. The fourth-order valence-electron chi connectivity index (χ4n) is 2.41. The first-order valence-corrected chi connectivity index (χ1v) is 7.84. The zero-order valence-corrected chi connectivity index (χ0v) is 14.2. The molecule has 0 aliphatic rings. The summed E-state index contributed by atoms with van der Waals surface area (Å²) in [7, 11) is 0. The van der Waals surface area contributed by atoms with E-state index in [0.717, 1.165) is 12.1 Å². The van der Waals surface area contributed by atoms with Crippen LogP contribution in [0.2, 0.25) is 0 Å². The zero-order chi connectivity index (χ0) is 20.1. The smallest absolute Gasteiger partial charge is 0.300 e. The number of nitrogens with zero attached hydrogens (tertiary/aromatic N) is 6. The molecule has 3 rings (SSSR count). The van der Waals surface area contributed by atoms with Gasteiger partial charge in [0.2, 0.25) is 5.95 Å². The molecule has 0 saturated heterocycles. The van der Waals surface area contributed by atoms with E-state index >= 15 is 0 Å². The number of rotatable bonds is 6. The topological polar surface area (TPSA) is 155 Å². The summed E-state index contributed by atoms with van der Waals surface area (Å²) in [4.78, 5) is 33.0. The second-order valence-electron chi connectivity index (χ2n) is 5.41. The summed E-state index contributed by atoms with van der Waals surface area (Å²) in [6.45, 7) is 0. The van der Waals surface area contributed by atoms with Gasteiger partial charge in [-0.3, -0.25) is 34.8 Å². The first kappa shape index (κ1) is 18.4. The molecular weight excluding hydrogens is 366 g/mol. The lowest BCUT2D eigenvalue weighted by atomic mass is 10.2. The molecule has 140 valence electrons. The van der Waals surface area contributed by atoms with Crippen LogP contribution in [-0.4, -0.2) is 30.6 Å². The molecule has 3 aromatic rings. The summed E-state index contributed by atoms with van der Waals surface area (Å²) >= 11 is 0. The average Bonchev–Trinajstić information content (AvgIpc) is 3.05. The Bertz CT molecular complexity index is 1090. The standard InChI is InChI=1S/C17H13N7O4/c18-17-21-11-14(6-8-19-10-12-3-1-2-7-20-12)22(17)15-5-4-13(23(25)26)9-16(15)24(27)28/h1-11H,(H2,18,21)/b8-6-,19-10?. The number of imidazole rings is 1. The van der Waals surface area contributed by atoms with Gasteiger partial charge in [0.15, 0.2) is 0 Å². The fourth-order valence-corrected chi connectivity index (χ4v) is 2.41. The monoisotopic (exact) mass is 379 g/mol. The summed E-state index contributed by atoms with van der Waals surface area (Å²) in [5, 5.41) is 22.3. The summed E-state index contributed by atoms with van der Waals surface area (Å²) in [6.07, 6.45) is 7.59. The van der Waals surface area contributed by atoms with E-state index in [4.69, 9.17) is 5.73 Å². The van der Waals surface area contributed by atoms with Gasteiger partial charge in [0.25, 0.3) is 11.4 Å². The van der Waals surface area contributed by atoms with Crippen molar-refractivity contribution in [2.75, 3.05) is 5.73 Å². The molecule has 0 aliphatic heterocycles. The van der Waals surface area contributed by atoms with Crippen molar-refractivity contribution in [2.45, 2.75) is 0 Å². The first-order valence-electron chi connectivity index (χ1n) is 7.84. The van der Waals surface area contributed by atoms with E-state index in [0.29, 0.717) is 11.4 Å². The molecule has 0 saturated carbocycles. The Labute approximate surface area is 157 Å². The highest BCUT2D eigenvalue weighted by atomic mass is 16.6. The van der Waals surface area contributed by atoms with Gasteiger partial charge in [0.05, 0.1) is 39.7 Å². The van der Waals surface area contributed by atoms with Crippen molar-refractivity contribution in [3.8, 4) is 5.69 Å². The summed E-state index contributed by atoms with van der Waals surface area (Å²) in [5.41, 5.74) is 6.11. The minimum atomic E-state index is -0.714. The Morgan fingerprint density at radius 3 is 2.61 bits per heavy atom. The summed E-state index contributed by atoms with van der Waals surface area (Å²) < 4.78 is 1.31. The third-order valence-electron chi connectivity index (χ3n) is 3.65. The maximum Gasteiger partial charge on any atom is 0.300 e. The van der Waals surface area contributed by atoms with Crippen molar-refractivity contribution in [1.82, 2.24) is 14.5 Å². The molecule has 2 N–H and O–H groups in total. The number of anilines is 1. The minimum absolute atomic E-state index is 0.00897. The lowest BCUT2D eigenvalue weighted by Gasteiger charge is -2.08. The third-order valence-corrected chi connectivity index (χ3v) is 3.65. The number of aromatic nitrogens is 3. The summed E-state index contributed by atoms with van der Waals surface area (Å²) in [5.74, 6) is -0.00897. The highest BCUT2D eigenvalue weighted by molar-refractivity contribution is 5.77. The number of nitro groups is 2. The van der Waals surface area contributed by atoms with Crippen molar-refractivity contribution >= 4 is 29.6 Å².